The van der Waals surface area contributed by atoms with Crippen molar-refractivity contribution in [2.24, 2.45) is 11.7 Å². The number of nitrogens with two attached hydrogens (primary N) is 1. The maximum absolute atomic E-state index is 13.2. The molecule has 4 rings (SSSR count). The molecule has 2 aliphatic heterocycles. The maximum Gasteiger partial charge on any atom is 0.416 e. The van der Waals surface area contributed by atoms with E-state index in [1.807, 2.05) is 30.3 Å². The summed E-state index contributed by atoms with van der Waals surface area (Å²) < 4.78 is 45.7. The second kappa shape index (κ2) is 6.59. The minimum atomic E-state index is -4.37. The Balaban J connectivity index is 1.77. The van der Waals surface area contributed by atoms with Gasteiger partial charge in [-0.05, 0) is 36.6 Å². The maximum atomic E-state index is 13.2. The van der Waals surface area contributed by atoms with Crippen LogP contribution in [0.25, 0.3) is 0 Å². The van der Waals surface area contributed by atoms with E-state index in [4.69, 9.17) is 10.5 Å². The van der Waals surface area contributed by atoms with Gasteiger partial charge in [-0.2, -0.15) is 13.2 Å². The lowest BCUT2D eigenvalue weighted by molar-refractivity contribution is -0.138. The summed E-state index contributed by atoms with van der Waals surface area (Å²) in [6, 6.07) is 13.8. The number of ether oxygens (including phenoxy) is 1. The summed E-state index contributed by atoms with van der Waals surface area (Å²) in [6.07, 6.45) is -3.21. The van der Waals surface area contributed by atoms with Gasteiger partial charge in [0, 0.05) is 23.7 Å². The number of hydrogen-bond donors (Lipinski definition) is 2. The fourth-order valence-electron chi connectivity index (χ4n) is 4.10. The van der Waals surface area contributed by atoms with Crippen LogP contribution in [0.3, 0.4) is 0 Å². The van der Waals surface area contributed by atoms with Crippen LogP contribution in [-0.2, 0) is 10.9 Å². The first-order valence-corrected chi connectivity index (χ1v) is 8.85. The molecule has 0 saturated carbocycles. The van der Waals surface area contributed by atoms with Crippen molar-refractivity contribution in [2.45, 2.75) is 37.3 Å². The van der Waals surface area contributed by atoms with E-state index in [0.29, 0.717) is 17.8 Å². The Labute approximate surface area is 150 Å². The fourth-order valence-corrected chi connectivity index (χ4v) is 4.10. The van der Waals surface area contributed by atoms with Crippen LogP contribution in [0.2, 0.25) is 0 Å². The van der Waals surface area contributed by atoms with Crippen LogP contribution in [0.5, 0.6) is 0 Å². The number of alkyl halides is 3. The van der Waals surface area contributed by atoms with Gasteiger partial charge in [0.1, 0.15) is 0 Å². The van der Waals surface area contributed by atoms with Crippen molar-refractivity contribution in [3.05, 3.63) is 65.2 Å². The van der Waals surface area contributed by atoms with Gasteiger partial charge in [0.15, 0.2) is 0 Å². The molecule has 3 nitrogen and oxygen atoms in total. The van der Waals surface area contributed by atoms with Crippen molar-refractivity contribution in [2.75, 3.05) is 11.9 Å². The van der Waals surface area contributed by atoms with Gasteiger partial charge in [0.25, 0.3) is 0 Å². The van der Waals surface area contributed by atoms with E-state index in [2.05, 4.69) is 5.32 Å². The number of rotatable bonds is 2. The first-order valence-electron chi connectivity index (χ1n) is 8.85. The number of nitrogens with one attached hydrogen (secondary N) is 1. The molecule has 2 heterocycles. The highest BCUT2D eigenvalue weighted by molar-refractivity contribution is 5.58. The smallest absolute Gasteiger partial charge is 0.378 e. The van der Waals surface area contributed by atoms with Crippen LogP contribution >= 0.6 is 0 Å². The van der Waals surface area contributed by atoms with Crippen LogP contribution in [0.15, 0.2) is 48.5 Å². The topological polar surface area (TPSA) is 47.3 Å². The lowest BCUT2D eigenvalue weighted by atomic mass is 9.76. The molecule has 2 aromatic carbocycles. The van der Waals surface area contributed by atoms with E-state index in [1.165, 1.54) is 12.1 Å². The van der Waals surface area contributed by atoms with Crippen LogP contribution in [0, 0.1) is 5.92 Å². The number of hydrogen-bond acceptors (Lipinski definition) is 3. The first kappa shape index (κ1) is 17.4. The lowest BCUT2D eigenvalue weighted by Crippen LogP contribution is -2.41. The van der Waals surface area contributed by atoms with Gasteiger partial charge in [0.2, 0.25) is 0 Å². The van der Waals surface area contributed by atoms with Gasteiger partial charge < -0.3 is 15.8 Å². The van der Waals surface area contributed by atoms with Crippen molar-refractivity contribution in [3.63, 3.8) is 0 Å². The van der Waals surface area contributed by atoms with Crippen LogP contribution in [0.4, 0.5) is 18.9 Å². The second-order valence-electron chi connectivity index (χ2n) is 6.99. The zero-order valence-corrected chi connectivity index (χ0v) is 14.2. The molecule has 0 amide bonds. The molecule has 2 aromatic rings. The highest BCUT2D eigenvalue weighted by atomic mass is 19.4. The van der Waals surface area contributed by atoms with E-state index in [1.54, 1.807) is 0 Å². The molecule has 2 aliphatic rings. The Morgan fingerprint density at radius 1 is 1.08 bits per heavy atom. The highest BCUT2D eigenvalue weighted by Gasteiger charge is 2.43. The summed E-state index contributed by atoms with van der Waals surface area (Å²) in [5, 5.41) is 3.45. The molecule has 0 unspecified atom stereocenters. The van der Waals surface area contributed by atoms with E-state index in [9.17, 15) is 13.2 Å². The predicted molar refractivity (Wildman–Crippen MR) is 93.6 cm³/mol. The van der Waals surface area contributed by atoms with Crippen molar-refractivity contribution >= 4 is 5.69 Å². The second-order valence-corrected chi connectivity index (χ2v) is 6.99. The summed E-state index contributed by atoms with van der Waals surface area (Å²) in [4.78, 5) is 0. The minimum absolute atomic E-state index is 0.00385. The molecular formula is C20H21F3N2O. The van der Waals surface area contributed by atoms with Gasteiger partial charge in [-0.25, -0.2) is 0 Å². The standard InChI is InChI=1S/C20H21F3N2O/c21-20(22,23)13-6-9-17-16(10-13)19-15(8-7-14(11-24)26-19)18(25-17)12-4-2-1-3-5-12/h1-6,9-10,14-15,18-19,25H,7-8,11,24H2/t14-,15+,18+,19+/m0/s1. The zero-order chi connectivity index (χ0) is 18.3. The largest absolute Gasteiger partial charge is 0.416 e. The quantitative estimate of drug-likeness (QED) is 0.816. The summed E-state index contributed by atoms with van der Waals surface area (Å²) in [7, 11) is 0. The molecule has 0 aliphatic carbocycles. The number of halogens is 3. The van der Waals surface area contributed by atoms with E-state index in [-0.39, 0.29) is 24.2 Å². The molecule has 0 aromatic heterocycles. The molecule has 1 saturated heterocycles. The van der Waals surface area contributed by atoms with Crippen molar-refractivity contribution in [3.8, 4) is 0 Å². The number of benzene rings is 2. The van der Waals surface area contributed by atoms with Crippen LogP contribution in [0.1, 0.15) is 41.7 Å². The SMILES string of the molecule is NC[C@@H]1CC[C@@H]2[C@@H](c3ccccc3)Nc3ccc(C(F)(F)F)cc3[C@@H]2O1. The van der Waals surface area contributed by atoms with E-state index in [0.717, 1.165) is 24.5 Å². The highest BCUT2D eigenvalue weighted by Crippen LogP contribution is 2.51. The fraction of sp³-hybridized carbons (Fsp3) is 0.400. The Bertz CT molecular complexity index is 778. The zero-order valence-electron chi connectivity index (χ0n) is 14.2. The predicted octanol–water partition coefficient (Wildman–Crippen LogP) is 4.67. The van der Waals surface area contributed by atoms with Crippen LogP contribution in [-0.4, -0.2) is 12.6 Å². The lowest BCUT2D eigenvalue weighted by Gasteiger charge is -2.45. The van der Waals surface area contributed by atoms with Gasteiger partial charge >= 0.3 is 6.18 Å². The molecule has 0 radical (unpaired) electrons. The van der Waals surface area contributed by atoms with Gasteiger partial charge in [-0.15, -0.1) is 0 Å². The van der Waals surface area contributed by atoms with E-state index >= 15 is 0 Å². The Hall–Kier alpha value is -2.05. The summed E-state index contributed by atoms with van der Waals surface area (Å²) >= 11 is 0. The number of anilines is 1. The molecule has 0 bridgehead atoms. The molecule has 3 N–H and O–H groups in total. The Kier molecular flexibility index (Phi) is 4.40. The van der Waals surface area contributed by atoms with Crippen molar-refractivity contribution in [1.29, 1.82) is 0 Å². The summed E-state index contributed by atoms with van der Waals surface area (Å²) in [6.45, 7) is 0.376. The van der Waals surface area contributed by atoms with Gasteiger partial charge in [-0.1, -0.05) is 30.3 Å². The summed E-state index contributed by atoms with van der Waals surface area (Å²) in [5.41, 5.74) is 7.52. The number of fused-ring (bicyclic) bond motifs is 3. The Morgan fingerprint density at radius 3 is 2.54 bits per heavy atom. The van der Waals surface area contributed by atoms with Crippen LogP contribution < -0.4 is 11.1 Å². The molecule has 26 heavy (non-hydrogen) atoms. The molecule has 4 atom stereocenters. The molecule has 6 heteroatoms. The third-order valence-electron chi connectivity index (χ3n) is 5.40. The minimum Gasteiger partial charge on any atom is -0.378 e. The van der Waals surface area contributed by atoms with Crippen molar-refractivity contribution < 1.29 is 17.9 Å². The first-order chi connectivity index (χ1) is 12.5. The Morgan fingerprint density at radius 2 is 1.85 bits per heavy atom. The summed E-state index contributed by atoms with van der Waals surface area (Å²) in [5.74, 6) is 0.0659. The molecule has 0 spiro atoms. The van der Waals surface area contributed by atoms with Crippen molar-refractivity contribution in [1.82, 2.24) is 0 Å². The molecule has 1 fully saturated rings. The molecular weight excluding hydrogens is 341 g/mol. The average molecular weight is 362 g/mol. The third-order valence-corrected chi connectivity index (χ3v) is 5.40. The van der Waals surface area contributed by atoms with E-state index < -0.39 is 11.7 Å². The monoisotopic (exact) mass is 362 g/mol. The third kappa shape index (κ3) is 3.08. The average Bonchev–Trinajstić information content (AvgIpc) is 2.66. The van der Waals surface area contributed by atoms with Gasteiger partial charge in [-0.3, -0.25) is 0 Å². The van der Waals surface area contributed by atoms with Gasteiger partial charge in [0.05, 0.1) is 23.8 Å². The molecule has 138 valence electrons. The normalized spacial score (nSPS) is 28.0.